The van der Waals surface area contributed by atoms with Crippen LogP contribution in [0.2, 0.25) is 0 Å². The van der Waals surface area contributed by atoms with Crippen molar-refractivity contribution in [1.82, 2.24) is 0 Å². The van der Waals surface area contributed by atoms with Crippen LogP contribution in [0.3, 0.4) is 0 Å². The number of anilines is 1. The van der Waals surface area contributed by atoms with Gasteiger partial charge in [0.25, 0.3) is 5.69 Å². The van der Waals surface area contributed by atoms with Crippen molar-refractivity contribution >= 4 is 23.3 Å². The molecule has 4 N–H and O–H groups in total. The van der Waals surface area contributed by atoms with E-state index in [0.29, 0.717) is 0 Å². The van der Waals surface area contributed by atoms with Gasteiger partial charge in [-0.1, -0.05) is 6.92 Å². The summed E-state index contributed by atoms with van der Waals surface area (Å²) in [7, 11) is 0. The van der Waals surface area contributed by atoms with Crippen molar-refractivity contribution in [2.75, 3.05) is 11.9 Å². The average Bonchev–Trinajstić information content (AvgIpc) is 2.34. The molecule has 102 valence electrons. The molecule has 0 aliphatic carbocycles. The number of nitro groups is 1. The molecular weight excluding hydrogens is 254 g/mol. The Morgan fingerprint density at radius 2 is 2.16 bits per heavy atom. The summed E-state index contributed by atoms with van der Waals surface area (Å²) in [6, 6.07) is 3.62. The minimum atomic E-state index is -1.03. The third-order valence-electron chi connectivity index (χ3n) is 2.50. The predicted octanol–water partition coefficient (Wildman–Crippen LogP) is 0.826. The summed E-state index contributed by atoms with van der Waals surface area (Å²) in [5, 5.41) is 22.2. The second kappa shape index (κ2) is 5.80. The Hall–Kier alpha value is -2.64. The SMILES string of the molecule is CC(CNc1cc(C(N)=O)ccc1[N+](=O)[O-])C(=O)O. The van der Waals surface area contributed by atoms with Gasteiger partial charge in [0.15, 0.2) is 0 Å². The number of primary amides is 1. The fourth-order valence-corrected chi connectivity index (χ4v) is 1.34. The average molecular weight is 267 g/mol. The lowest BCUT2D eigenvalue weighted by molar-refractivity contribution is -0.384. The Bertz CT molecular complexity index is 529. The zero-order valence-electron chi connectivity index (χ0n) is 10.1. The number of nitrogens with one attached hydrogen (secondary N) is 1. The molecular formula is C11H13N3O5. The molecule has 0 aliphatic heterocycles. The van der Waals surface area contributed by atoms with Crippen LogP contribution in [0.1, 0.15) is 17.3 Å². The lowest BCUT2D eigenvalue weighted by Gasteiger charge is -2.10. The summed E-state index contributed by atoms with van der Waals surface area (Å²) >= 11 is 0. The van der Waals surface area contributed by atoms with Gasteiger partial charge in [-0.3, -0.25) is 19.7 Å². The Kier molecular flexibility index (Phi) is 4.41. The molecule has 8 nitrogen and oxygen atoms in total. The van der Waals surface area contributed by atoms with Crippen LogP contribution in [0.4, 0.5) is 11.4 Å². The summed E-state index contributed by atoms with van der Waals surface area (Å²) in [4.78, 5) is 31.9. The lowest BCUT2D eigenvalue weighted by atomic mass is 10.1. The third-order valence-corrected chi connectivity index (χ3v) is 2.50. The summed E-state index contributed by atoms with van der Waals surface area (Å²) in [5.74, 6) is -2.47. The largest absolute Gasteiger partial charge is 0.481 e. The number of hydrogen-bond acceptors (Lipinski definition) is 5. The van der Waals surface area contributed by atoms with Gasteiger partial charge < -0.3 is 16.2 Å². The van der Waals surface area contributed by atoms with E-state index in [9.17, 15) is 19.7 Å². The van der Waals surface area contributed by atoms with E-state index in [1.807, 2.05) is 0 Å². The quantitative estimate of drug-likeness (QED) is 0.515. The fraction of sp³-hybridized carbons (Fsp3) is 0.273. The normalized spacial score (nSPS) is 11.6. The van der Waals surface area contributed by atoms with Crippen molar-refractivity contribution in [3.8, 4) is 0 Å². The lowest BCUT2D eigenvalue weighted by Crippen LogP contribution is -2.20. The summed E-state index contributed by atoms with van der Waals surface area (Å²) in [6.45, 7) is 1.46. The van der Waals surface area contributed by atoms with Gasteiger partial charge in [-0.25, -0.2) is 0 Å². The van der Waals surface area contributed by atoms with Crippen molar-refractivity contribution < 1.29 is 19.6 Å². The van der Waals surface area contributed by atoms with Gasteiger partial charge in [0.1, 0.15) is 5.69 Å². The van der Waals surface area contributed by atoms with Gasteiger partial charge in [-0.2, -0.15) is 0 Å². The molecule has 0 fully saturated rings. The third kappa shape index (κ3) is 3.66. The number of rotatable bonds is 6. The minimum Gasteiger partial charge on any atom is -0.481 e. The van der Waals surface area contributed by atoms with Crippen LogP contribution in [-0.4, -0.2) is 28.5 Å². The first kappa shape index (κ1) is 14.4. The molecule has 1 aromatic rings. The van der Waals surface area contributed by atoms with E-state index < -0.39 is 22.7 Å². The Morgan fingerprint density at radius 1 is 1.53 bits per heavy atom. The molecule has 8 heteroatoms. The predicted molar refractivity (Wildman–Crippen MR) is 66.9 cm³/mol. The molecule has 0 saturated carbocycles. The molecule has 1 rings (SSSR count). The standard InChI is InChI=1S/C11H13N3O5/c1-6(11(16)17)5-13-8-4-7(10(12)15)2-3-9(8)14(18)19/h2-4,6,13H,5H2,1H3,(H2,12,15)(H,16,17). The minimum absolute atomic E-state index is 0.00160. The second-order valence-corrected chi connectivity index (χ2v) is 3.97. The molecule has 0 radical (unpaired) electrons. The molecule has 1 atom stereocenters. The van der Waals surface area contributed by atoms with E-state index in [1.165, 1.54) is 19.1 Å². The number of benzene rings is 1. The highest BCUT2D eigenvalue weighted by molar-refractivity contribution is 5.94. The van der Waals surface area contributed by atoms with Crippen molar-refractivity contribution in [3.63, 3.8) is 0 Å². The van der Waals surface area contributed by atoms with Crippen molar-refractivity contribution in [2.45, 2.75) is 6.92 Å². The van der Waals surface area contributed by atoms with E-state index in [4.69, 9.17) is 10.8 Å². The number of nitrogens with zero attached hydrogens (tertiary/aromatic N) is 1. The number of carboxylic acid groups (broad SMARTS) is 1. The van der Waals surface area contributed by atoms with Crippen LogP contribution in [0.25, 0.3) is 0 Å². The number of hydrogen-bond donors (Lipinski definition) is 3. The Balaban J connectivity index is 3.01. The van der Waals surface area contributed by atoms with Gasteiger partial charge in [-0.15, -0.1) is 0 Å². The highest BCUT2D eigenvalue weighted by Crippen LogP contribution is 2.25. The molecule has 0 aliphatic rings. The van der Waals surface area contributed by atoms with Crippen LogP contribution >= 0.6 is 0 Å². The van der Waals surface area contributed by atoms with Crippen molar-refractivity contribution in [2.24, 2.45) is 11.7 Å². The first-order valence-corrected chi connectivity index (χ1v) is 5.38. The highest BCUT2D eigenvalue weighted by atomic mass is 16.6. The summed E-state index contributed by atoms with van der Waals surface area (Å²) in [6.07, 6.45) is 0. The van der Waals surface area contributed by atoms with Crippen molar-refractivity contribution in [1.29, 1.82) is 0 Å². The maximum absolute atomic E-state index is 11.0. The Labute approximate surface area is 108 Å². The first-order chi connectivity index (χ1) is 8.82. The van der Waals surface area contributed by atoms with Gasteiger partial charge >= 0.3 is 5.97 Å². The number of nitro benzene ring substituents is 1. The number of nitrogens with two attached hydrogens (primary N) is 1. The number of carboxylic acids is 1. The molecule has 1 amide bonds. The molecule has 0 spiro atoms. The van der Waals surface area contributed by atoms with E-state index >= 15 is 0 Å². The first-order valence-electron chi connectivity index (χ1n) is 5.38. The highest BCUT2D eigenvalue weighted by Gasteiger charge is 2.18. The number of amides is 1. The zero-order chi connectivity index (χ0) is 14.6. The van der Waals surface area contributed by atoms with Crippen LogP contribution in [0, 0.1) is 16.0 Å². The van der Waals surface area contributed by atoms with Crippen LogP contribution < -0.4 is 11.1 Å². The topological polar surface area (TPSA) is 136 Å². The number of aliphatic carboxylic acids is 1. The van der Waals surface area contributed by atoms with Gasteiger partial charge in [0, 0.05) is 18.2 Å². The summed E-state index contributed by atoms with van der Waals surface area (Å²) in [5.41, 5.74) is 5.01. The van der Waals surface area contributed by atoms with Gasteiger partial charge in [0.05, 0.1) is 10.8 Å². The molecule has 19 heavy (non-hydrogen) atoms. The van der Waals surface area contributed by atoms with Crippen LogP contribution in [0.5, 0.6) is 0 Å². The molecule has 0 saturated heterocycles. The number of carbonyl (C=O) groups excluding carboxylic acids is 1. The second-order valence-electron chi connectivity index (χ2n) is 3.97. The van der Waals surface area contributed by atoms with E-state index in [-0.39, 0.29) is 23.5 Å². The van der Waals surface area contributed by atoms with E-state index in [2.05, 4.69) is 5.32 Å². The monoisotopic (exact) mass is 267 g/mol. The number of carbonyl (C=O) groups is 2. The Morgan fingerprint density at radius 3 is 2.63 bits per heavy atom. The smallest absolute Gasteiger partial charge is 0.308 e. The molecule has 1 aromatic carbocycles. The van der Waals surface area contributed by atoms with Gasteiger partial charge in [-0.05, 0) is 12.1 Å². The fourth-order valence-electron chi connectivity index (χ4n) is 1.34. The van der Waals surface area contributed by atoms with Gasteiger partial charge in [0.2, 0.25) is 5.91 Å². The zero-order valence-corrected chi connectivity index (χ0v) is 10.1. The van der Waals surface area contributed by atoms with Crippen molar-refractivity contribution in [3.05, 3.63) is 33.9 Å². The van der Waals surface area contributed by atoms with Crippen LogP contribution in [0.15, 0.2) is 18.2 Å². The maximum atomic E-state index is 11.0. The van der Waals surface area contributed by atoms with E-state index in [1.54, 1.807) is 0 Å². The van der Waals surface area contributed by atoms with E-state index in [0.717, 1.165) is 6.07 Å². The van der Waals surface area contributed by atoms with Crippen LogP contribution in [-0.2, 0) is 4.79 Å². The molecule has 1 unspecified atom stereocenters. The molecule has 0 bridgehead atoms. The maximum Gasteiger partial charge on any atom is 0.308 e. The molecule has 0 aromatic heterocycles. The molecule has 0 heterocycles. The summed E-state index contributed by atoms with van der Waals surface area (Å²) < 4.78 is 0.